The Hall–Kier alpha value is -2.78. The van der Waals surface area contributed by atoms with E-state index in [1.165, 1.54) is 0 Å². The number of Topliss-reactive ketones (excluding diaryl/α,β-unsaturated/α-hetero) is 2. The average molecular weight is 302 g/mol. The lowest BCUT2D eigenvalue weighted by atomic mass is 9.76. The molecule has 1 N–H and O–H groups in total. The summed E-state index contributed by atoms with van der Waals surface area (Å²) in [5, 5.41) is 12.0. The van der Waals surface area contributed by atoms with Crippen LogP contribution in [0.4, 0.5) is 0 Å². The second kappa shape index (κ2) is 4.86. The molecule has 3 aromatic rings. The Morgan fingerprint density at radius 1 is 0.739 bits per heavy atom. The Morgan fingerprint density at radius 2 is 1.30 bits per heavy atom. The number of aliphatic hydroxyl groups excluding tert-OH is 1. The molecule has 4 rings (SSSR count). The van der Waals surface area contributed by atoms with Gasteiger partial charge in [-0.05, 0) is 22.4 Å². The number of ketones is 2. The summed E-state index contributed by atoms with van der Waals surface area (Å²) in [4.78, 5) is 25.8. The van der Waals surface area contributed by atoms with Crippen LogP contribution in [0.25, 0.3) is 10.8 Å². The Bertz CT molecular complexity index is 921. The number of fused-ring (bicyclic) bond motifs is 2. The lowest BCUT2D eigenvalue weighted by molar-refractivity contribution is 0.0712. The number of hydrogen-bond acceptors (Lipinski definition) is 3. The van der Waals surface area contributed by atoms with Gasteiger partial charge >= 0.3 is 0 Å². The molecule has 0 heterocycles. The minimum absolute atomic E-state index is 0.323. The van der Waals surface area contributed by atoms with E-state index >= 15 is 0 Å². The Labute approximate surface area is 133 Å². The molecule has 0 aliphatic heterocycles. The van der Waals surface area contributed by atoms with Gasteiger partial charge in [0, 0.05) is 11.1 Å². The zero-order chi connectivity index (χ0) is 16.0. The highest BCUT2D eigenvalue weighted by Crippen LogP contribution is 2.40. The molecule has 0 spiro atoms. The molecule has 112 valence electrons. The Kier molecular flexibility index (Phi) is 2.93. The quantitative estimate of drug-likeness (QED) is 0.740. The predicted octanol–water partition coefficient (Wildman–Crippen LogP) is 3.15. The van der Waals surface area contributed by atoms with Gasteiger partial charge in [0.25, 0.3) is 0 Å². The van der Waals surface area contributed by atoms with Crippen LogP contribution in [0.1, 0.15) is 26.3 Å². The average Bonchev–Trinajstić information content (AvgIpc) is 2.83. The van der Waals surface area contributed by atoms with E-state index < -0.39 is 12.0 Å². The van der Waals surface area contributed by atoms with Crippen LogP contribution in [0.15, 0.2) is 66.7 Å². The van der Waals surface area contributed by atoms with Crippen molar-refractivity contribution in [2.45, 2.75) is 5.41 Å². The first kappa shape index (κ1) is 13.9. The molecule has 1 aliphatic rings. The van der Waals surface area contributed by atoms with Crippen LogP contribution < -0.4 is 0 Å². The van der Waals surface area contributed by atoms with E-state index in [1.54, 1.807) is 30.3 Å². The minimum atomic E-state index is -1.52. The molecule has 0 fully saturated rings. The van der Waals surface area contributed by atoms with Gasteiger partial charge in [-0.2, -0.15) is 0 Å². The van der Waals surface area contributed by atoms with Crippen molar-refractivity contribution < 1.29 is 14.7 Å². The van der Waals surface area contributed by atoms with Crippen LogP contribution in [-0.4, -0.2) is 23.3 Å². The van der Waals surface area contributed by atoms with E-state index in [-0.39, 0.29) is 11.6 Å². The summed E-state index contributed by atoms with van der Waals surface area (Å²) in [5.74, 6) is -0.647. The van der Waals surface area contributed by atoms with Gasteiger partial charge in [0.15, 0.2) is 11.6 Å². The number of benzene rings is 3. The molecule has 0 aromatic heterocycles. The summed E-state index contributed by atoms with van der Waals surface area (Å²) in [6, 6.07) is 20.0. The maximum Gasteiger partial charge on any atom is 0.184 e. The number of rotatable bonds is 2. The normalized spacial score (nSPS) is 15.9. The molecular weight excluding hydrogens is 288 g/mol. The molecule has 3 nitrogen and oxygen atoms in total. The fraction of sp³-hybridized carbons (Fsp3) is 0.100. The molecule has 3 aromatic carbocycles. The zero-order valence-electron chi connectivity index (χ0n) is 12.3. The topological polar surface area (TPSA) is 54.4 Å². The largest absolute Gasteiger partial charge is 0.394 e. The van der Waals surface area contributed by atoms with Crippen LogP contribution in [-0.2, 0) is 5.41 Å². The first-order valence-electron chi connectivity index (χ1n) is 7.47. The molecule has 0 saturated heterocycles. The third kappa shape index (κ3) is 1.74. The van der Waals surface area contributed by atoms with E-state index in [0.717, 1.165) is 10.8 Å². The number of hydrogen-bond donors (Lipinski definition) is 1. The predicted molar refractivity (Wildman–Crippen MR) is 87.8 cm³/mol. The highest BCUT2D eigenvalue weighted by Gasteiger charge is 2.53. The zero-order valence-corrected chi connectivity index (χ0v) is 12.3. The van der Waals surface area contributed by atoms with E-state index in [1.807, 2.05) is 36.4 Å². The lowest BCUT2D eigenvalue weighted by Gasteiger charge is -2.24. The summed E-state index contributed by atoms with van der Waals surface area (Å²) < 4.78 is 0. The molecule has 3 heteroatoms. The van der Waals surface area contributed by atoms with Gasteiger partial charge < -0.3 is 5.11 Å². The summed E-state index contributed by atoms with van der Waals surface area (Å²) in [7, 11) is 0. The Balaban J connectivity index is 1.97. The maximum absolute atomic E-state index is 12.9. The van der Waals surface area contributed by atoms with Gasteiger partial charge in [-0.1, -0.05) is 60.7 Å². The van der Waals surface area contributed by atoms with Crippen molar-refractivity contribution >= 4 is 22.3 Å². The van der Waals surface area contributed by atoms with E-state index in [0.29, 0.717) is 16.7 Å². The third-order valence-electron chi connectivity index (χ3n) is 4.67. The van der Waals surface area contributed by atoms with Crippen LogP contribution in [0, 0.1) is 0 Å². The van der Waals surface area contributed by atoms with Crippen molar-refractivity contribution in [1.29, 1.82) is 0 Å². The van der Waals surface area contributed by atoms with Crippen LogP contribution in [0.2, 0.25) is 0 Å². The third-order valence-corrected chi connectivity index (χ3v) is 4.67. The molecule has 0 bridgehead atoms. The van der Waals surface area contributed by atoms with Gasteiger partial charge in [0.2, 0.25) is 0 Å². The van der Waals surface area contributed by atoms with E-state index in [2.05, 4.69) is 0 Å². The molecule has 0 radical (unpaired) electrons. The minimum Gasteiger partial charge on any atom is -0.394 e. The first-order valence-corrected chi connectivity index (χ1v) is 7.47. The van der Waals surface area contributed by atoms with Crippen LogP contribution in [0.5, 0.6) is 0 Å². The van der Waals surface area contributed by atoms with Crippen molar-refractivity contribution in [3.8, 4) is 0 Å². The van der Waals surface area contributed by atoms with Crippen molar-refractivity contribution in [2.24, 2.45) is 0 Å². The molecule has 0 amide bonds. The van der Waals surface area contributed by atoms with E-state index in [9.17, 15) is 14.7 Å². The monoisotopic (exact) mass is 302 g/mol. The van der Waals surface area contributed by atoms with Crippen molar-refractivity contribution in [1.82, 2.24) is 0 Å². The molecule has 1 aliphatic carbocycles. The molecular formula is C20H14O3. The van der Waals surface area contributed by atoms with Crippen LogP contribution in [0.3, 0.4) is 0 Å². The fourth-order valence-corrected chi connectivity index (χ4v) is 3.39. The standard InChI is InChI=1S/C20H14O3/c21-12-20(15-10-9-13-5-1-2-6-14(13)11-15)18(22)16-7-3-4-8-17(16)19(20)23/h1-11,21H,12H2. The number of carbonyl (C=O) groups excluding carboxylic acids is 2. The second-order valence-corrected chi connectivity index (χ2v) is 5.83. The number of carbonyl (C=O) groups is 2. The summed E-state index contributed by atoms with van der Waals surface area (Å²) in [6.45, 7) is -0.530. The molecule has 0 atom stereocenters. The summed E-state index contributed by atoms with van der Waals surface area (Å²) in [6.07, 6.45) is 0. The number of aliphatic hydroxyl groups is 1. The van der Waals surface area contributed by atoms with Gasteiger partial charge in [-0.15, -0.1) is 0 Å². The van der Waals surface area contributed by atoms with E-state index in [4.69, 9.17) is 0 Å². The fourth-order valence-electron chi connectivity index (χ4n) is 3.39. The second-order valence-electron chi connectivity index (χ2n) is 5.83. The summed E-state index contributed by atoms with van der Waals surface area (Å²) >= 11 is 0. The van der Waals surface area contributed by atoms with Gasteiger partial charge in [0.1, 0.15) is 5.41 Å². The van der Waals surface area contributed by atoms with Crippen molar-refractivity contribution in [3.05, 3.63) is 83.4 Å². The highest BCUT2D eigenvalue weighted by atomic mass is 16.3. The molecule has 23 heavy (non-hydrogen) atoms. The molecule has 0 saturated carbocycles. The Morgan fingerprint density at radius 3 is 1.91 bits per heavy atom. The SMILES string of the molecule is O=C1c2ccccc2C(=O)C1(CO)c1ccc2ccccc2c1. The lowest BCUT2D eigenvalue weighted by Crippen LogP contribution is -2.42. The molecule has 0 unspecified atom stereocenters. The maximum atomic E-state index is 12.9. The summed E-state index contributed by atoms with van der Waals surface area (Å²) in [5.41, 5.74) is -0.197. The van der Waals surface area contributed by atoms with Gasteiger partial charge in [-0.3, -0.25) is 9.59 Å². The van der Waals surface area contributed by atoms with Crippen molar-refractivity contribution in [2.75, 3.05) is 6.61 Å². The van der Waals surface area contributed by atoms with Gasteiger partial charge in [0.05, 0.1) is 6.61 Å². The highest BCUT2D eigenvalue weighted by molar-refractivity contribution is 6.33. The first-order chi connectivity index (χ1) is 11.2. The van der Waals surface area contributed by atoms with Gasteiger partial charge in [-0.25, -0.2) is 0 Å². The smallest absolute Gasteiger partial charge is 0.184 e. The van der Waals surface area contributed by atoms with Crippen LogP contribution >= 0.6 is 0 Å². The van der Waals surface area contributed by atoms with Crippen molar-refractivity contribution in [3.63, 3.8) is 0 Å².